The second-order valence-corrected chi connectivity index (χ2v) is 11.1. The maximum atomic E-state index is 11.0. The molecule has 116 valence electrons. The fourth-order valence-corrected chi connectivity index (χ4v) is 2.30. The van der Waals surface area contributed by atoms with Crippen LogP contribution in [-0.4, -0.2) is 30.8 Å². The van der Waals surface area contributed by atoms with Crippen molar-refractivity contribution in [1.29, 1.82) is 0 Å². The second-order valence-electron chi connectivity index (χ2n) is 6.27. The third-order valence-electron chi connectivity index (χ3n) is 3.66. The molecule has 0 saturated carbocycles. The van der Waals surface area contributed by atoms with Gasteiger partial charge in [-0.2, -0.15) is 0 Å². The van der Waals surface area contributed by atoms with Gasteiger partial charge < -0.3 is 14.3 Å². The Labute approximate surface area is 125 Å². The van der Waals surface area contributed by atoms with Crippen LogP contribution in [0.1, 0.15) is 36.8 Å². The van der Waals surface area contributed by atoms with Crippen molar-refractivity contribution >= 4 is 20.8 Å². The summed E-state index contributed by atoms with van der Waals surface area (Å²) in [6.07, 6.45) is 0. The van der Waals surface area contributed by atoms with Crippen LogP contribution in [-0.2, 0) is 15.8 Å². The quantitative estimate of drug-likeness (QED) is 0.642. The number of carbonyl (C=O) groups is 2. The van der Waals surface area contributed by atoms with Gasteiger partial charge in [-0.15, -0.1) is 0 Å². The Kier molecular flexibility index (Phi) is 5.24. The minimum Gasteiger partial charge on any atom is -0.477 e. The Morgan fingerprint density at radius 3 is 2.48 bits per heavy atom. The maximum Gasteiger partial charge on any atom is 0.354 e. The molecule has 0 atom stereocenters. The van der Waals surface area contributed by atoms with E-state index < -0.39 is 14.3 Å². The molecule has 0 aliphatic carbocycles. The van der Waals surface area contributed by atoms with Gasteiger partial charge in [0.1, 0.15) is 0 Å². The number of carboxylic acids is 1. The average molecular weight is 311 g/mol. The Bertz CT molecular complexity index is 537. The van der Waals surface area contributed by atoms with E-state index in [0.717, 1.165) is 0 Å². The lowest BCUT2D eigenvalue weighted by atomic mass is 10.2. The summed E-state index contributed by atoms with van der Waals surface area (Å²) in [5.41, 5.74) is 0.437. The Morgan fingerprint density at radius 2 is 2.00 bits per heavy atom. The van der Waals surface area contributed by atoms with E-state index in [9.17, 15) is 9.59 Å². The van der Waals surface area contributed by atoms with Crippen molar-refractivity contribution in [2.75, 3.05) is 0 Å². The normalized spacial score (nSPS) is 12.0. The van der Waals surface area contributed by atoms with Crippen LogP contribution in [0.2, 0.25) is 18.1 Å². The van der Waals surface area contributed by atoms with E-state index >= 15 is 0 Å². The van der Waals surface area contributed by atoms with Gasteiger partial charge in [0, 0.05) is 6.07 Å². The number of aromatic nitrogens is 1. The Morgan fingerprint density at radius 1 is 1.38 bits per heavy atom. The molecule has 1 heterocycles. The molecule has 7 heteroatoms. The molecule has 1 rings (SSSR count). The van der Waals surface area contributed by atoms with E-state index in [1.807, 2.05) is 0 Å². The lowest BCUT2D eigenvalue weighted by Crippen LogP contribution is -2.40. The van der Waals surface area contributed by atoms with Gasteiger partial charge in [0.15, 0.2) is 14.0 Å². The van der Waals surface area contributed by atoms with Crippen molar-refractivity contribution in [2.24, 2.45) is 0 Å². The first-order valence-electron chi connectivity index (χ1n) is 6.55. The molecule has 1 aromatic heterocycles. The monoisotopic (exact) mass is 311 g/mol. The highest BCUT2D eigenvalue weighted by atomic mass is 28.4. The summed E-state index contributed by atoms with van der Waals surface area (Å²) in [5, 5.41) is 9.07. The third-order valence-corrected chi connectivity index (χ3v) is 8.13. The van der Waals surface area contributed by atoms with Crippen LogP contribution in [0.3, 0.4) is 0 Å². The van der Waals surface area contributed by atoms with Crippen molar-refractivity contribution in [3.05, 3.63) is 23.4 Å². The number of carboxylic acid groups (broad SMARTS) is 1. The summed E-state index contributed by atoms with van der Waals surface area (Å²) in [6.45, 7) is 11.0. The van der Waals surface area contributed by atoms with Crippen LogP contribution in [0, 0.1) is 0 Å². The van der Waals surface area contributed by atoms with Crippen LogP contribution < -0.4 is 4.74 Å². The van der Waals surface area contributed by atoms with Gasteiger partial charge >= 0.3 is 5.97 Å². The van der Waals surface area contributed by atoms with Gasteiger partial charge in [0.05, 0.1) is 6.61 Å². The topological polar surface area (TPSA) is 85.7 Å². The first-order chi connectivity index (χ1) is 9.56. The highest BCUT2D eigenvalue weighted by Crippen LogP contribution is 2.37. The minimum atomic E-state index is -1.95. The van der Waals surface area contributed by atoms with E-state index in [1.165, 1.54) is 12.1 Å². The van der Waals surface area contributed by atoms with Gasteiger partial charge in [-0.1, -0.05) is 20.8 Å². The molecule has 1 aromatic rings. The molecule has 0 aliphatic rings. The largest absolute Gasteiger partial charge is 0.477 e. The second kappa shape index (κ2) is 6.36. The van der Waals surface area contributed by atoms with Crippen molar-refractivity contribution < 1.29 is 23.9 Å². The number of carbonyl (C=O) groups excluding carboxylic acids is 1. The molecule has 0 aromatic carbocycles. The molecule has 21 heavy (non-hydrogen) atoms. The Balaban J connectivity index is 2.97. The number of nitrogens with zero attached hydrogens (tertiary/aromatic N) is 1. The van der Waals surface area contributed by atoms with Crippen molar-refractivity contribution in [2.45, 2.75) is 45.5 Å². The van der Waals surface area contributed by atoms with E-state index in [2.05, 4.69) is 43.6 Å². The van der Waals surface area contributed by atoms with Crippen molar-refractivity contribution in [1.82, 2.24) is 4.98 Å². The number of ether oxygens (including phenoxy) is 1. The van der Waals surface area contributed by atoms with Crippen molar-refractivity contribution in [3.8, 4) is 5.88 Å². The average Bonchev–Trinajstić information content (AvgIpc) is 2.35. The van der Waals surface area contributed by atoms with Crippen LogP contribution in [0.4, 0.5) is 0 Å². The standard InChI is InChI=1S/C14H21NO5Si/c1-14(2,3)21(4,5)20-8-10-6-11(13(17)18)15-12(7-10)19-9-16/h6-7,9H,8H2,1-5H3,(H,17,18). The zero-order valence-electron chi connectivity index (χ0n) is 13.0. The van der Waals surface area contributed by atoms with Crippen LogP contribution in [0.25, 0.3) is 0 Å². The lowest BCUT2D eigenvalue weighted by Gasteiger charge is -2.36. The van der Waals surface area contributed by atoms with Gasteiger partial charge in [-0.25, -0.2) is 9.78 Å². The molecular weight excluding hydrogens is 290 g/mol. The lowest BCUT2D eigenvalue weighted by molar-refractivity contribution is -0.120. The summed E-state index contributed by atoms with van der Waals surface area (Å²) in [5.74, 6) is -1.22. The molecular formula is C14H21NO5Si. The molecule has 0 amide bonds. The molecule has 0 aliphatic heterocycles. The van der Waals surface area contributed by atoms with Gasteiger partial charge in [0.25, 0.3) is 6.47 Å². The molecule has 1 N–H and O–H groups in total. The highest BCUT2D eigenvalue weighted by molar-refractivity contribution is 6.74. The predicted molar refractivity (Wildman–Crippen MR) is 79.9 cm³/mol. The number of hydrogen-bond donors (Lipinski definition) is 1. The predicted octanol–water partition coefficient (Wildman–Crippen LogP) is 2.84. The number of aromatic carboxylic acids is 1. The molecule has 0 unspecified atom stereocenters. The molecule has 6 nitrogen and oxygen atoms in total. The fourth-order valence-electron chi connectivity index (χ4n) is 1.34. The number of pyridine rings is 1. The van der Waals surface area contributed by atoms with E-state index in [-0.39, 0.29) is 29.7 Å². The summed E-state index contributed by atoms with van der Waals surface area (Å²) in [4.78, 5) is 25.1. The molecule has 0 spiro atoms. The van der Waals surface area contributed by atoms with E-state index in [4.69, 9.17) is 9.53 Å². The molecule has 0 saturated heterocycles. The van der Waals surface area contributed by atoms with Gasteiger partial charge in [0.2, 0.25) is 5.88 Å². The van der Waals surface area contributed by atoms with E-state index in [1.54, 1.807) is 0 Å². The molecule has 0 bridgehead atoms. The van der Waals surface area contributed by atoms with Crippen LogP contribution in [0.15, 0.2) is 12.1 Å². The third kappa shape index (κ3) is 4.64. The van der Waals surface area contributed by atoms with E-state index in [0.29, 0.717) is 5.56 Å². The summed E-state index contributed by atoms with van der Waals surface area (Å²) in [7, 11) is -1.95. The Hall–Kier alpha value is -1.73. The SMILES string of the molecule is CC(C)(C)[Si](C)(C)OCc1cc(OC=O)nc(C(=O)O)c1. The summed E-state index contributed by atoms with van der Waals surface area (Å²) in [6, 6.07) is 2.93. The highest BCUT2D eigenvalue weighted by Gasteiger charge is 2.37. The number of rotatable bonds is 6. The van der Waals surface area contributed by atoms with Crippen LogP contribution >= 0.6 is 0 Å². The smallest absolute Gasteiger partial charge is 0.354 e. The number of hydrogen-bond acceptors (Lipinski definition) is 5. The molecule has 0 radical (unpaired) electrons. The zero-order valence-corrected chi connectivity index (χ0v) is 14.0. The summed E-state index contributed by atoms with van der Waals surface area (Å²) < 4.78 is 10.7. The summed E-state index contributed by atoms with van der Waals surface area (Å²) >= 11 is 0. The minimum absolute atomic E-state index is 0.0428. The van der Waals surface area contributed by atoms with Crippen molar-refractivity contribution in [3.63, 3.8) is 0 Å². The zero-order chi connectivity index (χ0) is 16.3. The van der Waals surface area contributed by atoms with Gasteiger partial charge in [-0.3, -0.25) is 4.79 Å². The maximum absolute atomic E-state index is 11.0. The molecule has 0 fully saturated rings. The van der Waals surface area contributed by atoms with Crippen LogP contribution in [0.5, 0.6) is 5.88 Å². The van der Waals surface area contributed by atoms with Gasteiger partial charge in [-0.05, 0) is 29.8 Å². The fraction of sp³-hybridized carbons (Fsp3) is 0.500. The first-order valence-corrected chi connectivity index (χ1v) is 9.46. The first kappa shape index (κ1) is 17.3.